The van der Waals surface area contributed by atoms with E-state index >= 15 is 0 Å². The van der Waals surface area contributed by atoms with Crippen molar-refractivity contribution in [3.8, 4) is 11.3 Å². The lowest BCUT2D eigenvalue weighted by atomic mass is 10.1. The molecule has 6 nitrogen and oxygen atoms in total. The van der Waals surface area contributed by atoms with Gasteiger partial charge in [0.05, 0.1) is 0 Å². The van der Waals surface area contributed by atoms with Crippen molar-refractivity contribution in [1.82, 2.24) is 24.8 Å². The Bertz CT molecular complexity index is 1000. The van der Waals surface area contributed by atoms with Crippen molar-refractivity contribution in [2.75, 3.05) is 0 Å². The SMILES string of the molecule is O=c1c(-c2c[nH]c3ccccc23)nnc2sc(Cl)nn12. The third-order valence-electron chi connectivity index (χ3n) is 3.01. The minimum atomic E-state index is -0.331. The Balaban J connectivity index is 2.07. The number of hydrogen-bond donors (Lipinski definition) is 1. The molecule has 0 aliphatic carbocycles. The Morgan fingerprint density at radius 1 is 1.25 bits per heavy atom. The number of halogens is 1. The number of nitrogens with zero attached hydrogens (tertiary/aromatic N) is 4. The lowest BCUT2D eigenvalue weighted by molar-refractivity contribution is 0.860. The molecule has 8 heteroatoms. The number of aromatic nitrogens is 5. The van der Waals surface area contributed by atoms with Crippen LogP contribution in [0, 0.1) is 0 Å². The highest BCUT2D eigenvalue weighted by Gasteiger charge is 2.15. The van der Waals surface area contributed by atoms with Gasteiger partial charge in [0, 0.05) is 22.7 Å². The predicted molar refractivity (Wildman–Crippen MR) is 77.2 cm³/mol. The van der Waals surface area contributed by atoms with Crippen LogP contribution in [0.25, 0.3) is 27.1 Å². The molecule has 0 saturated carbocycles. The zero-order valence-electron chi connectivity index (χ0n) is 9.87. The van der Waals surface area contributed by atoms with Gasteiger partial charge >= 0.3 is 5.56 Å². The second-order valence-corrected chi connectivity index (χ2v) is 5.69. The van der Waals surface area contributed by atoms with Crippen LogP contribution in [0.15, 0.2) is 35.3 Å². The van der Waals surface area contributed by atoms with E-state index in [1.54, 1.807) is 6.20 Å². The van der Waals surface area contributed by atoms with Crippen molar-refractivity contribution >= 4 is 38.8 Å². The molecule has 4 rings (SSSR count). The maximum atomic E-state index is 12.4. The quantitative estimate of drug-likeness (QED) is 0.585. The zero-order valence-corrected chi connectivity index (χ0v) is 11.4. The highest BCUT2D eigenvalue weighted by molar-refractivity contribution is 7.20. The first-order valence-corrected chi connectivity index (χ1v) is 6.92. The number of para-hydroxylation sites is 1. The number of hydrogen-bond acceptors (Lipinski definition) is 5. The second kappa shape index (κ2) is 4.12. The molecule has 0 unspecified atom stereocenters. The molecule has 0 aliphatic rings. The summed E-state index contributed by atoms with van der Waals surface area (Å²) in [6, 6.07) is 7.68. The fourth-order valence-corrected chi connectivity index (χ4v) is 2.98. The fourth-order valence-electron chi connectivity index (χ4n) is 2.13. The maximum absolute atomic E-state index is 12.4. The summed E-state index contributed by atoms with van der Waals surface area (Å²) >= 11 is 6.91. The summed E-state index contributed by atoms with van der Waals surface area (Å²) in [5.74, 6) is 0. The van der Waals surface area contributed by atoms with Gasteiger partial charge in [0.15, 0.2) is 5.69 Å². The largest absolute Gasteiger partial charge is 0.360 e. The third-order valence-corrected chi connectivity index (χ3v) is 4.00. The molecular formula is C12H6ClN5OS. The first-order valence-electron chi connectivity index (χ1n) is 5.72. The van der Waals surface area contributed by atoms with Gasteiger partial charge in [-0.15, -0.1) is 15.3 Å². The molecule has 0 saturated heterocycles. The second-order valence-electron chi connectivity index (χ2n) is 4.15. The van der Waals surface area contributed by atoms with Crippen molar-refractivity contribution in [1.29, 1.82) is 0 Å². The number of fused-ring (bicyclic) bond motifs is 2. The van der Waals surface area contributed by atoms with Crippen molar-refractivity contribution in [2.45, 2.75) is 0 Å². The number of rotatable bonds is 1. The van der Waals surface area contributed by atoms with Crippen LogP contribution in [0.5, 0.6) is 0 Å². The molecule has 0 spiro atoms. The maximum Gasteiger partial charge on any atom is 0.302 e. The molecule has 0 bridgehead atoms. The van der Waals surface area contributed by atoms with Gasteiger partial charge in [-0.25, -0.2) is 0 Å². The van der Waals surface area contributed by atoms with Gasteiger partial charge in [0.1, 0.15) is 0 Å². The van der Waals surface area contributed by atoms with Gasteiger partial charge in [-0.05, 0) is 17.7 Å². The number of nitrogens with one attached hydrogen (secondary N) is 1. The van der Waals surface area contributed by atoms with E-state index < -0.39 is 0 Å². The van der Waals surface area contributed by atoms with E-state index in [0.717, 1.165) is 22.2 Å². The Morgan fingerprint density at radius 3 is 3.00 bits per heavy atom. The van der Waals surface area contributed by atoms with Crippen LogP contribution in [-0.2, 0) is 0 Å². The topological polar surface area (TPSA) is 75.9 Å². The van der Waals surface area contributed by atoms with Crippen molar-refractivity contribution in [2.24, 2.45) is 0 Å². The summed E-state index contributed by atoms with van der Waals surface area (Å²) < 4.78 is 1.43. The highest BCUT2D eigenvalue weighted by atomic mass is 35.5. The Labute approximate surface area is 120 Å². The molecule has 4 aromatic rings. The minimum absolute atomic E-state index is 0.252. The van der Waals surface area contributed by atoms with E-state index in [9.17, 15) is 4.79 Å². The number of aromatic amines is 1. The molecule has 3 aromatic heterocycles. The summed E-state index contributed by atoms with van der Waals surface area (Å²) in [4.78, 5) is 15.9. The van der Waals surface area contributed by atoms with Crippen LogP contribution in [0.3, 0.4) is 0 Å². The average Bonchev–Trinajstić information content (AvgIpc) is 3.03. The van der Waals surface area contributed by atoms with E-state index in [2.05, 4.69) is 20.3 Å². The van der Waals surface area contributed by atoms with Crippen LogP contribution in [0.1, 0.15) is 0 Å². The molecule has 3 heterocycles. The lowest BCUT2D eigenvalue weighted by Gasteiger charge is -1.97. The summed E-state index contributed by atoms with van der Waals surface area (Å²) in [6.45, 7) is 0. The number of benzene rings is 1. The monoisotopic (exact) mass is 303 g/mol. The Morgan fingerprint density at radius 2 is 2.10 bits per heavy atom. The standard InChI is InChI=1S/C12H6ClN5OS/c13-11-17-18-10(19)9(15-16-12(18)20-11)7-5-14-8-4-2-1-3-6(7)8/h1-5,14H. The Kier molecular flexibility index (Phi) is 2.38. The van der Waals surface area contributed by atoms with Gasteiger partial charge in [0.25, 0.3) is 0 Å². The molecule has 0 atom stereocenters. The van der Waals surface area contributed by atoms with Gasteiger partial charge in [-0.3, -0.25) is 4.79 Å². The van der Waals surface area contributed by atoms with Gasteiger partial charge in [-0.1, -0.05) is 29.5 Å². The van der Waals surface area contributed by atoms with Gasteiger partial charge in [-0.2, -0.15) is 4.52 Å². The highest BCUT2D eigenvalue weighted by Crippen LogP contribution is 2.25. The average molecular weight is 304 g/mol. The summed E-state index contributed by atoms with van der Waals surface area (Å²) in [7, 11) is 0. The van der Waals surface area contributed by atoms with E-state index in [4.69, 9.17) is 11.6 Å². The van der Waals surface area contributed by atoms with E-state index in [1.807, 2.05) is 24.3 Å². The van der Waals surface area contributed by atoms with Crippen LogP contribution < -0.4 is 5.56 Å². The summed E-state index contributed by atoms with van der Waals surface area (Å²) in [5.41, 5.74) is 1.56. The molecule has 1 N–H and O–H groups in total. The minimum Gasteiger partial charge on any atom is -0.360 e. The van der Waals surface area contributed by atoms with E-state index in [0.29, 0.717) is 10.5 Å². The van der Waals surface area contributed by atoms with Gasteiger partial charge in [0.2, 0.25) is 9.43 Å². The van der Waals surface area contributed by atoms with Crippen molar-refractivity contribution in [3.63, 3.8) is 0 Å². The smallest absolute Gasteiger partial charge is 0.302 e. The third kappa shape index (κ3) is 1.57. The predicted octanol–water partition coefficient (Wildman–Crippen LogP) is 2.35. The summed E-state index contributed by atoms with van der Waals surface area (Å²) in [5, 5.41) is 12.9. The van der Waals surface area contributed by atoms with Crippen LogP contribution in [0.2, 0.25) is 4.47 Å². The first-order chi connectivity index (χ1) is 9.74. The first kappa shape index (κ1) is 11.6. The molecule has 20 heavy (non-hydrogen) atoms. The molecule has 0 fully saturated rings. The van der Waals surface area contributed by atoms with E-state index in [1.165, 1.54) is 4.52 Å². The van der Waals surface area contributed by atoms with Crippen LogP contribution in [0.4, 0.5) is 0 Å². The fraction of sp³-hybridized carbons (Fsp3) is 0. The molecule has 0 amide bonds. The summed E-state index contributed by atoms with van der Waals surface area (Å²) in [6.07, 6.45) is 1.75. The Hall–Kier alpha value is -2.25. The molecule has 98 valence electrons. The molecular weight excluding hydrogens is 298 g/mol. The van der Waals surface area contributed by atoms with Gasteiger partial charge < -0.3 is 4.98 Å². The number of H-pyrrole nitrogens is 1. The normalized spacial score (nSPS) is 11.4. The van der Waals surface area contributed by atoms with Crippen LogP contribution >= 0.6 is 22.9 Å². The van der Waals surface area contributed by atoms with E-state index in [-0.39, 0.29) is 15.7 Å². The van der Waals surface area contributed by atoms with Crippen molar-refractivity contribution < 1.29 is 0 Å². The lowest BCUT2D eigenvalue weighted by Crippen LogP contribution is -2.18. The zero-order chi connectivity index (χ0) is 13.7. The van der Waals surface area contributed by atoms with Crippen molar-refractivity contribution in [3.05, 3.63) is 45.3 Å². The van der Waals surface area contributed by atoms with Crippen LogP contribution in [-0.4, -0.2) is 24.8 Å². The molecule has 0 radical (unpaired) electrons. The molecule has 0 aliphatic heterocycles. The molecule has 1 aromatic carbocycles.